The topological polar surface area (TPSA) is 151 Å². The predicted molar refractivity (Wildman–Crippen MR) is 258 cm³/mol. The molecule has 0 N–H and O–H groups in total. The van der Waals surface area contributed by atoms with Crippen LogP contribution in [-0.4, -0.2) is 97.2 Å². The van der Waals surface area contributed by atoms with Crippen molar-refractivity contribution in [1.82, 2.24) is 0 Å². The van der Waals surface area contributed by atoms with E-state index in [1.807, 2.05) is 12.1 Å². The third kappa shape index (κ3) is 42.9. The van der Waals surface area contributed by atoms with Crippen LogP contribution in [0.5, 0.6) is 0 Å². The van der Waals surface area contributed by atoms with E-state index in [1.165, 1.54) is 128 Å². The first-order chi connectivity index (χ1) is 30.9. The van der Waals surface area contributed by atoms with E-state index in [2.05, 4.69) is 62.4 Å². The Morgan fingerprint density at radius 1 is 0.415 bits per heavy atom. The zero-order valence-electron chi connectivity index (χ0n) is 41.1. The fourth-order valence-corrected chi connectivity index (χ4v) is 7.83. The number of unbranched alkanes of at least 4 members (excludes halogenated alkanes) is 20. The molecule has 0 fully saturated rings. The molecular weight excluding hydrogens is 946 g/mol. The van der Waals surface area contributed by atoms with Crippen LogP contribution in [0.1, 0.15) is 219 Å². The molecule has 0 aliphatic carbocycles. The van der Waals surface area contributed by atoms with Gasteiger partial charge in [-0.3, -0.25) is 9.59 Å². The fraction of sp³-hybridized carbons (Fsp3) is 0.704. The van der Waals surface area contributed by atoms with Crippen LogP contribution in [0.15, 0.2) is 60.7 Å². The summed E-state index contributed by atoms with van der Waals surface area (Å²) in [5.74, 6) is -3.19. The first kappa shape index (κ1) is 62.8. The van der Waals surface area contributed by atoms with Crippen molar-refractivity contribution in [3.8, 4) is 0 Å². The molecule has 0 aliphatic heterocycles. The number of carboxylic acid groups (broad SMARTS) is 2. The molecule has 2 aromatic rings. The van der Waals surface area contributed by atoms with E-state index < -0.39 is 36.1 Å². The predicted octanol–water partition coefficient (Wildman–Crippen LogP) is 11.1. The van der Waals surface area contributed by atoms with Gasteiger partial charge in [-0.2, -0.15) is 0 Å². The zero-order chi connectivity index (χ0) is 46.9. The number of aliphatic carboxylic acids is 2. The van der Waals surface area contributed by atoms with Crippen LogP contribution in [-0.2, 0) is 51.3 Å². The van der Waals surface area contributed by atoms with Gasteiger partial charge in [-0.05, 0) is 63.5 Å². The Morgan fingerprint density at radius 3 is 0.908 bits per heavy atom. The van der Waals surface area contributed by atoms with Crippen molar-refractivity contribution in [2.24, 2.45) is 0 Å². The van der Waals surface area contributed by atoms with Crippen molar-refractivity contribution in [1.29, 1.82) is 0 Å². The maximum Gasteiger partial charge on any atom is 2.00 e. The molecule has 0 aromatic heterocycles. The quantitative estimate of drug-likeness (QED) is 0.0358. The average molecular weight is 1030 g/mol. The van der Waals surface area contributed by atoms with Crippen molar-refractivity contribution in [2.75, 3.05) is 0 Å². The molecule has 0 amide bonds. The van der Waals surface area contributed by atoms with Crippen LogP contribution in [0.25, 0.3) is 0 Å². The van der Waals surface area contributed by atoms with Crippen molar-refractivity contribution in [2.45, 2.75) is 245 Å². The Labute approximate surface area is 434 Å². The number of carbonyl (C=O) groups excluding carboxylic acids is 4. The molecule has 65 heavy (non-hydrogen) atoms. The number of ether oxygens (including phenoxy) is 4. The van der Waals surface area contributed by atoms with Crippen LogP contribution in [0.2, 0.25) is 0 Å². The van der Waals surface area contributed by atoms with E-state index in [4.69, 9.17) is 18.9 Å². The van der Waals surface area contributed by atoms with Crippen LogP contribution >= 0.6 is 0 Å². The fourth-order valence-electron chi connectivity index (χ4n) is 7.83. The molecule has 11 heteroatoms. The molecule has 0 saturated carbocycles. The Balaban J connectivity index is 0.00000124. The van der Waals surface area contributed by atoms with Crippen molar-refractivity contribution in [3.05, 3.63) is 71.8 Å². The van der Waals surface area contributed by atoms with Gasteiger partial charge in [0.2, 0.25) is 0 Å². The summed E-state index contributed by atoms with van der Waals surface area (Å²) in [6.07, 6.45) is 29.2. The molecule has 0 aliphatic rings. The van der Waals surface area contributed by atoms with Gasteiger partial charge < -0.3 is 38.7 Å². The third-order valence-electron chi connectivity index (χ3n) is 11.5. The van der Waals surface area contributed by atoms with Gasteiger partial charge in [-0.15, -0.1) is 0 Å². The van der Waals surface area contributed by atoms with E-state index in [9.17, 15) is 29.4 Å². The minimum absolute atomic E-state index is 0. The van der Waals surface area contributed by atoms with Gasteiger partial charge in [0.15, 0.2) is 0 Å². The summed E-state index contributed by atoms with van der Waals surface area (Å²) in [5.41, 5.74) is 2.47. The van der Waals surface area contributed by atoms with E-state index >= 15 is 0 Å². The van der Waals surface area contributed by atoms with Gasteiger partial charge in [0, 0.05) is 38.6 Å². The molecule has 0 heterocycles. The summed E-state index contributed by atoms with van der Waals surface area (Å²) in [6, 6.07) is 20.7. The van der Waals surface area contributed by atoms with Crippen LogP contribution < -0.4 is 10.2 Å². The second-order valence-electron chi connectivity index (χ2n) is 17.8. The molecular formula is C54H86BaO10. The third-order valence-corrected chi connectivity index (χ3v) is 11.5. The smallest absolute Gasteiger partial charge is 0.550 e. The Morgan fingerprint density at radius 2 is 0.662 bits per heavy atom. The summed E-state index contributed by atoms with van der Waals surface area (Å²) in [6.45, 7) is 8.36. The molecule has 364 valence electrons. The summed E-state index contributed by atoms with van der Waals surface area (Å²) in [7, 11) is 0. The van der Waals surface area contributed by atoms with E-state index in [-0.39, 0.29) is 61.7 Å². The van der Waals surface area contributed by atoms with Gasteiger partial charge in [0.25, 0.3) is 0 Å². The Hall–Kier alpha value is -2.19. The molecule has 2 rings (SSSR count). The Bertz CT molecular complexity index is 1290. The van der Waals surface area contributed by atoms with Crippen LogP contribution in [0.3, 0.4) is 0 Å². The van der Waals surface area contributed by atoms with Crippen LogP contribution in [0.4, 0.5) is 0 Å². The first-order valence-corrected chi connectivity index (χ1v) is 25.0. The Kier molecular flexibility index (Phi) is 42.8. The molecule has 0 saturated heterocycles. The number of benzene rings is 2. The molecule has 10 nitrogen and oxygen atoms in total. The summed E-state index contributed by atoms with van der Waals surface area (Å²) < 4.78 is 21.9. The van der Waals surface area contributed by atoms with Gasteiger partial charge >= 0.3 is 60.8 Å². The SMILES string of the molecule is CC(=O)OC(CCCCCCCCCCCCCC(C)OCc1ccccc1)CC(=O)[O-].CC(=O)OC(CCCCCCCCCCCCCC(C)OCc1ccccc1)CC(=O)[O-].[Ba+2]. The number of carboxylic acids is 2. The normalized spacial score (nSPS) is 12.7. The number of carbonyl (C=O) groups is 4. The standard InChI is InChI=1S/2C27H44O5.Ba/c2*1-23(31-22-25-18-14-12-15-19-25)17-13-10-8-6-4-3-5-7-9-11-16-20-26(21-27(29)30)32-24(2)28;/h2*12,14-15,18-19,23,26H,3-11,13,16-17,20-22H2,1-2H3,(H,29,30);/q;;+2/p-2. The van der Waals surface area contributed by atoms with Gasteiger partial charge in [0.05, 0.1) is 25.4 Å². The van der Waals surface area contributed by atoms with E-state index in [0.717, 1.165) is 51.4 Å². The number of hydrogen-bond donors (Lipinski definition) is 0. The van der Waals surface area contributed by atoms with E-state index in [1.54, 1.807) is 0 Å². The van der Waals surface area contributed by atoms with Crippen molar-refractivity contribution >= 4 is 72.8 Å². The van der Waals surface area contributed by atoms with Crippen molar-refractivity contribution < 1.29 is 48.3 Å². The first-order valence-electron chi connectivity index (χ1n) is 25.0. The minimum Gasteiger partial charge on any atom is -0.550 e. The molecule has 0 radical (unpaired) electrons. The molecule has 2 aromatic carbocycles. The van der Waals surface area contributed by atoms with Gasteiger partial charge in [-0.25, -0.2) is 0 Å². The molecule has 0 spiro atoms. The number of rotatable bonds is 40. The second kappa shape index (κ2) is 44.3. The van der Waals surface area contributed by atoms with Crippen molar-refractivity contribution in [3.63, 3.8) is 0 Å². The molecule has 0 bridgehead atoms. The monoisotopic (exact) mass is 1030 g/mol. The number of hydrogen-bond acceptors (Lipinski definition) is 10. The van der Waals surface area contributed by atoms with Gasteiger partial charge in [0.1, 0.15) is 12.2 Å². The maximum absolute atomic E-state index is 11.0. The van der Waals surface area contributed by atoms with Crippen LogP contribution in [0, 0.1) is 0 Å². The maximum atomic E-state index is 11.0. The minimum atomic E-state index is -1.16. The summed E-state index contributed by atoms with van der Waals surface area (Å²) >= 11 is 0. The second-order valence-corrected chi connectivity index (χ2v) is 17.8. The molecule has 4 unspecified atom stereocenters. The largest absolute Gasteiger partial charge is 2.00 e. The average Bonchev–Trinajstić information content (AvgIpc) is 3.25. The molecule has 4 atom stereocenters. The van der Waals surface area contributed by atoms with Gasteiger partial charge in [-0.1, -0.05) is 189 Å². The summed E-state index contributed by atoms with van der Waals surface area (Å²) in [5, 5.41) is 21.4. The number of esters is 2. The zero-order valence-corrected chi connectivity index (χ0v) is 45.5. The van der Waals surface area contributed by atoms with E-state index in [0.29, 0.717) is 38.3 Å². The summed E-state index contributed by atoms with van der Waals surface area (Å²) in [4.78, 5) is 43.5.